The van der Waals surface area contributed by atoms with Crippen molar-refractivity contribution in [3.05, 3.63) is 46.6 Å². The summed E-state index contributed by atoms with van der Waals surface area (Å²) in [6, 6.07) is 7.59. The highest BCUT2D eigenvalue weighted by molar-refractivity contribution is 5.93. The van der Waals surface area contributed by atoms with Crippen LogP contribution in [0.3, 0.4) is 0 Å². The summed E-state index contributed by atoms with van der Waals surface area (Å²) in [5.41, 5.74) is 3.93. The highest BCUT2D eigenvalue weighted by atomic mass is 16.5. The Kier molecular flexibility index (Phi) is 5.98. The highest BCUT2D eigenvalue weighted by Crippen LogP contribution is 2.26. The molecule has 0 radical (unpaired) electrons. The molecule has 0 aliphatic rings. The Hall–Kier alpha value is -2.34. The number of carbonyl (C=O) groups is 1. The highest BCUT2D eigenvalue weighted by Gasteiger charge is 2.18. The Labute approximate surface area is 143 Å². The summed E-state index contributed by atoms with van der Waals surface area (Å²) in [5.74, 6) is 1.06. The van der Waals surface area contributed by atoms with Crippen LogP contribution in [0.2, 0.25) is 0 Å². The third kappa shape index (κ3) is 3.94. The molecule has 130 valence electrons. The molecule has 6 nitrogen and oxygen atoms in total. The fourth-order valence-electron chi connectivity index (χ4n) is 2.71. The Balaban J connectivity index is 2.03. The van der Waals surface area contributed by atoms with Crippen LogP contribution in [0, 0.1) is 0 Å². The van der Waals surface area contributed by atoms with Gasteiger partial charge in [0.05, 0.1) is 18.4 Å². The summed E-state index contributed by atoms with van der Waals surface area (Å²) in [7, 11) is 5.19. The lowest BCUT2D eigenvalue weighted by atomic mass is 10.1. The molecule has 1 heterocycles. The molecule has 0 bridgehead atoms. The van der Waals surface area contributed by atoms with Gasteiger partial charge in [-0.25, -0.2) is 4.68 Å². The van der Waals surface area contributed by atoms with E-state index in [0.717, 1.165) is 22.7 Å². The van der Waals surface area contributed by atoms with Gasteiger partial charge in [0, 0.05) is 32.7 Å². The van der Waals surface area contributed by atoms with Crippen molar-refractivity contribution >= 4 is 5.91 Å². The van der Waals surface area contributed by atoms with E-state index < -0.39 is 0 Å². The Morgan fingerprint density at radius 3 is 2.46 bits per heavy atom. The van der Waals surface area contributed by atoms with Crippen molar-refractivity contribution < 1.29 is 9.53 Å². The zero-order valence-corrected chi connectivity index (χ0v) is 15.0. The molecule has 1 aromatic heterocycles. The maximum Gasteiger partial charge on any atom is 0.251 e. The second kappa shape index (κ2) is 7.97. The summed E-state index contributed by atoms with van der Waals surface area (Å²) in [6.07, 6.45) is 0. The molecule has 0 saturated heterocycles. The average molecular weight is 330 g/mol. The Morgan fingerprint density at radius 1 is 1.25 bits per heavy atom. The number of methoxy groups -OCH3 is 1. The smallest absolute Gasteiger partial charge is 0.251 e. The number of nitrogens with one attached hydrogen (secondary N) is 2. The van der Waals surface area contributed by atoms with Crippen molar-refractivity contribution in [1.29, 1.82) is 0 Å². The van der Waals surface area contributed by atoms with Crippen LogP contribution in [0.25, 0.3) is 0 Å². The summed E-state index contributed by atoms with van der Waals surface area (Å²) in [6.45, 7) is 5.65. The van der Waals surface area contributed by atoms with Crippen molar-refractivity contribution in [1.82, 2.24) is 20.4 Å². The molecule has 24 heavy (non-hydrogen) atoms. The van der Waals surface area contributed by atoms with Gasteiger partial charge in [0.2, 0.25) is 5.88 Å². The monoisotopic (exact) mass is 330 g/mol. The summed E-state index contributed by atoms with van der Waals surface area (Å²) < 4.78 is 7.26. The van der Waals surface area contributed by atoms with Crippen LogP contribution >= 0.6 is 0 Å². The number of rotatable bonds is 7. The third-order valence-electron chi connectivity index (χ3n) is 3.93. The molecule has 0 atom stereocenters. The number of aryl methyl sites for hydroxylation is 1. The van der Waals surface area contributed by atoms with Gasteiger partial charge in [-0.1, -0.05) is 26.0 Å². The largest absolute Gasteiger partial charge is 0.481 e. The Bertz CT molecular complexity index is 690. The minimum absolute atomic E-state index is 0.0730. The zero-order chi connectivity index (χ0) is 17.7. The van der Waals surface area contributed by atoms with Crippen molar-refractivity contribution in [3.8, 4) is 5.88 Å². The van der Waals surface area contributed by atoms with Gasteiger partial charge in [-0.2, -0.15) is 5.10 Å². The van der Waals surface area contributed by atoms with E-state index in [1.807, 2.05) is 31.3 Å². The van der Waals surface area contributed by atoms with Gasteiger partial charge in [-0.3, -0.25) is 4.79 Å². The van der Waals surface area contributed by atoms with Gasteiger partial charge < -0.3 is 15.4 Å². The lowest BCUT2D eigenvalue weighted by molar-refractivity contribution is 0.0963. The summed E-state index contributed by atoms with van der Waals surface area (Å²) >= 11 is 0. The predicted octanol–water partition coefficient (Wildman–Crippen LogP) is 2.20. The maximum atomic E-state index is 11.5. The average Bonchev–Trinajstić information content (AvgIpc) is 2.90. The van der Waals surface area contributed by atoms with Crippen molar-refractivity contribution in [3.63, 3.8) is 0 Å². The topological polar surface area (TPSA) is 68.2 Å². The first-order valence-electron chi connectivity index (χ1n) is 8.09. The molecule has 2 rings (SSSR count). The number of ether oxygens (including phenoxy) is 1. The molecular formula is C18H26N4O2. The van der Waals surface area contributed by atoms with Crippen LogP contribution in [0.4, 0.5) is 0 Å². The van der Waals surface area contributed by atoms with E-state index in [0.29, 0.717) is 24.6 Å². The minimum atomic E-state index is -0.0730. The number of hydrogen-bond acceptors (Lipinski definition) is 4. The van der Waals surface area contributed by atoms with E-state index in [4.69, 9.17) is 4.74 Å². The SMILES string of the molecule is CNC(=O)c1ccc(CNCc2c(C(C)C)nn(C)c2OC)cc1. The summed E-state index contributed by atoms with van der Waals surface area (Å²) in [4.78, 5) is 11.5. The molecule has 0 saturated carbocycles. The molecule has 6 heteroatoms. The number of hydrogen-bond donors (Lipinski definition) is 2. The molecule has 2 aromatic rings. The number of carbonyl (C=O) groups excluding carboxylic acids is 1. The fourth-order valence-corrected chi connectivity index (χ4v) is 2.71. The van der Waals surface area contributed by atoms with E-state index in [9.17, 15) is 4.79 Å². The lowest BCUT2D eigenvalue weighted by Gasteiger charge is -2.10. The first-order valence-corrected chi connectivity index (χ1v) is 8.09. The summed E-state index contributed by atoms with van der Waals surface area (Å²) in [5, 5.41) is 10.6. The molecule has 0 aliphatic carbocycles. The van der Waals surface area contributed by atoms with Crippen LogP contribution < -0.4 is 15.4 Å². The second-order valence-electron chi connectivity index (χ2n) is 6.03. The minimum Gasteiger partial charge on any atom is -0.481 e. The van der Waals surface area contributed by atoms with E-state index in [1.165, 1.54) is 0 Å². The quantitative estimate of drug-likeness (QED) is 0.817. The molecule has 0 spiro atoms. The van der Waals surface area contributed by atoms with Crippen molar-refractivity contribution in [2.75, 3.05) is 14.2 Å². The zero-order valence-electron chi connectivity index (χ0n) is 15.0. The first kappa shape index (κ1) is 18.0. The van der Waals surface area contributed by atoms with E-state index in [-0.39, 0.29) is 5.91 Å². The van der Waals surface area contributed by atoms with Crippen molar-refractivity contribution in [2.24, 2.45) is 7.05 Å². The molecule has 0 unspecified atom stereocenters. The van der Waals surface area contributed by atoms with Gasteiger partial charge in [0.15, 0.2) is 0 Å². The van der Waals surface area contributed by atoms with Gasteiger partial charge in [0.25, 0.3) is 5.91 Å². The second-order valence-corrected chi connectivity index (χ2v) is 6.03. The van der Waals surface area contributed by atoms with Crippen LogP contribution in [0.15, 0.2) is 24.3 Å². The number of benzene rings is 1. The third-order valence-corrected chi connectivity index (χ3v) is 3.93. The standard InChI is InChI=1S/C18H26N4O2/c1-12(2)16-15(18(24-5)22(4)21-16)11-20-10-13-6-8-14(9-7-13)17(23)19-3/h6-9,12,20H,10-11H2,1-5H3,(H,19,23). The normalized spacial score (nSPS) is 10.9. The molecule has 1 aromatic carbocycles. The number of aromatic nitrogens is 2. The molecule has 0 fully saturated rings. The van der Waals surface area contributed by atoms with Gasteiger partial charge in [0.1, 0.15) is 0 Å². The molecular weight excluding hydrogens is 304 g/mol. The molecule has 0 aliphatic heterocycles. The number of nitrogens with zero attached hydrogens (tertiary/aromatic N) is 2. The van der Waals surface area contributed by atoms with E-state index in [2.05, 4.69) is 29.6 Å². The molecule has 2 N–H and O–H groups in total. The number of amides is 1. The molecule has 1 amide bonds. The van der Waals surface area contributed by atoms with Crippen LogP contribution in [0.1, 0.15) is 46.9 Å². The van der Waals surface area contributed by atoms with Gasteiger partial charge in [-0.15, -0.1) is 0 Å². The van der Waals surface area contributed by atoms with E-state index >= 15 is 0 Å². The van der Waals surface area contributed by atoms with E-state index in [1.54, 1.807) is 18.8 Å². The van der Waals surface area contributed by atoms with Crippen LogP contribution in [-0.2, 0) is 20.1 Å². The van der Waals surface area contributed by atoms with Crippen molar-refractivity contribution in [2.45, 2.75) is 32.9 Å². The fraction of sp³-hybridized carbons (Fsp3) is 0.444. The van der Waals surface area contributed by atoms with Crippen LogP contribution in [-0.4, -0.2) is 29.8 Å². The maximum absolute atomic E-state index is 11.5. The van der Waals surface area contributed by atoms with Crippen LogP contribution in [0.5, 0.6) is 5.88 Å². The predicted molar refractivity (Wildman–Crippen MR) is 94.2 cm³/mol. The van der Waals surface area contributed by atoms with Gasteiger partial charge >= 0.3 is 0 Å². The Morgan fingerprint density at radius 2 is 1.92 bits per heavy atom. The lowest BCUT2D eigenvalue weighted by Crippen LogP contribution is -2.18. The van der Waals surface area contributed by atoms with Gasteiger partial charge in [-0.05, 0) is 23.6 Å². The first-order chi connectivity index (χ1) is 11.5.